The van der Waals surface area contributed by atoms with Crippen LogP contribution in [-0.2, 0) is 7.05 Å². The highest BCUT2D eigenvalue weighted by atomic mass is 32.2. The summed E-state index contributed by atoms with van der Waals surface area (Å²) in [5, 5.41) is 12.6. The van der Waals surface area contributed by atoms with Gasteiger partial charge in [0, 0.05) is 13.3 Å². The Labute approximate surface area is 67.4 Å². The molecule has 0 aromatic carbocycles. The largest absolute Gasteiger partial charge is 0.475 e. The maximum atomic E-state index is 10.3. The summed E-state index contributed by atoms with van der Waals surface area (Å²) in [7, 11) is 1.62. The van der Waals surface area contributed by atoms with Crippen LogP contribution >= 0.6 is 11.8 Å². The lowest BCUT2D eigenvalue weighted by molar-refractivity contribution is 0.0683. The Morgan fingerprint density at radius 2 is 2.45 bits per heavy atom. The summed E-state index contributed by atoms with van der Waals surface area (Å²) < 4.78 is 1.38. The second kappa shape index (κ2) is 2.91. The minimum Gasteiger partial charge on any atom is -0.475 e. The van der Waals surface area contributed by atoms with Crippen LogP contribution in [0.4, 0.5) is 0 Å². The topological polar surface area (TPSA) is 68.0 Å². The first-order valence-corrected chi connectivity index (χ1v) is 3.70. The second-order valence-corrected chi connectivity index (χ2v) is 2.44. The summed E-state index contributed by atoms with van der Waals surface area (Å²) in [5.74, 6) is -1.32. The molecular formula is C5H6N3O2S. The number of carboxylic acids is 1. The van der Waals surface area contributed by atoms with Crippen LogP contribution < -0.4 is 0 Å². The number of rotatable bonds is 2. The standard InChI is InChI=1S/C5H6N3O2S/c1-8-5(11-2)6-3(7-8)4(9)10/h2H2,1H3,(H,9,10). The lowest BCUT2D eigenvalue weighted by Gasteiger charge is -1.89. The van der Waals surface area contributed by atoms with Crippen LogP contribution in [0.3, 0.4) is 0 Å². The number of carboxylic acid groups (broad SMARTS) is 1. The molecule has 0 atom stereocenters. The van der Waals surface area contributed by atoms with Crippen molar-refractivity contribution >= 4 is 17.7 Å². The van der Waals surface area contributed by atoms with E-state index in [-0.39, 0.29) is 5.82 Å². The molecule has 5 nitrogen and oxygen atoms in total. The van der Waals surface area contributed by atoms with Crippen molar-refractivity contribution in [2.45, 2.75) is 5.16 Å². The Bertz CT molecular complexity index is 283. The molecule has 0 spiro atoms. The van der Waals surface area contributed by atoms with Gasteiger partial charge in [-0.1, -0.05) is 11.8 Å². The smallest absolute Gasteiger partial charge is 0.375 e. The van der Waals surface area contributed by atoms with Gasteiger partial charge >= 0.3 is 5.97 Å². The molecular weight excluding hydrogens is 166 g/mol. The van der Waals surface area contributed by atoms with E-state index in [0.717, 1.165) is 11.8 Å². The molecule has 0 unspecified atom stereocenters. The molecule has 0 aliphatic rings. The van der Waals surface area contributed by atoms with Gasteiger partial charge in [-0.15, -0.1) is 5.10 Å². The molecule has 1 heterocycles. The fraction of sp³-hybridized carbons (Fsp3) is 0.200. The van der Waals surface area contributed by atoms with Crippen LogP contribution in [0.5, 0.6) is 0 Å². The number of aromatic carboxylic acids is 1. The highest BCUT2D eigenvalue weighted by molar-refractivity contribution is 8.00. The molecule has 0 saturated heterocycles. The van der Waals surface area contributed by atoms with Gasteiger partial charge in [0.15, 0.2) is 5.16 Å². The normalized spacial score (nSPS) is 10.0. The fourth-order valence-corrected chi connectivity index (χ4v) is 0.965. The molecule has 1 aromatic rings. The SMILES string of the molecule is [CH2]Sc1nc(C(=O)O)nn1C. The first-order valence-electron chi connectivity index (χ1n) is 2.71. The molecule has 0 aliphatic carbocycles. The molecule has 6 heteroatoms. The molecule has 0 bridgehead atoms. The van der Waals surface area contributed by atoms with Gasteiger partial charge in [0.25, 0.3) is 5.82 Å². The highest BCUT2D eigenvalue weighted by Crippen LogP contribution is 2.11. The monoisotopic (exact) mass is 172 g/mol. The first-order chi connectivity index (χ1) is 5.15. The van der Waals surface area contributed by atoms with E-state index >= 15 is 0 Å². The lowest BCUT2D eigenvalue weighted by Crippen LogP contribution is -2.00. The molecule has 1 N–H and O–H groups in total. The van der Waals surface area contributed by atoms with Crippen LogP contribution in [0.2, 0.25) is 0 Å². The molecule has 11 heavy (non-hydrogen) atoms. The molecule has 0 amide bonds. The van der Waals surface area contributed by atoms with E-state index in [1.54, 1.807) is 7.05 Å². The Balaban J connectivity index is 3.05. The zero-order valence-electron chi connectivity index (χ0n) is 5.81. The van der Waals surface area contributed by atoms with Crippen molar-refractivity contribution in [2.75, 3.05) is 0 Å². The van der Waals surface area contributed by atoms with Gasteiger partial charge in [0.2, 0.25) is 0 Å². The van der Waals surface area contributed by atoms with Gasteiger partial charge in [0.1, 0.15) is 0 Å². The van der Waals surface area contributed by atoms with E-state index in [2.05, 4.69) is 16.3 Å². The van der Waals surface area contributed by atoms with Gasteiger partial charge < -0.3 is 5.11 Å². The minimum absolute atomic E-state index is 0.196. The number of hydrogen-bond acceptors (Lipinski definition) is 4. The third-order valence-electron chi connectivity index (χ3n) is 1.04. The van der Waals surface area contributed by atoms with Crippen molar-refractivity contribution < 1.29 is 9.90 Å². The average molecular weight is 172 g/mol. The molecule has 59 valence electrons. The fourth-order valence-electron chi connectivity index (χ4n) is 0.586. The van der Waals surface area contributed by atoms with Crippen LogP contribution in [0.1, 0.15) is 10.6 Å². The quantitative estimate of drug-likeness (QED) is 0.654. The van der Waals surface area contributed by atoms with Crippen molar-refractivity contribution in [3.05, 3.63) is 12.1 Å². The van der Waals surface area contributed by atoms with E-state index in [0.29, 0.717) is 5.16 Å². The predicted octanol–water partition coefficient (Wildman–Crippen LogP) is 0.397. The summed E-state index contributed by atoms with van der Waals surface area (Å²) in [6.07, 6.45) is 3.49. The van der Waals surface area contributed by atoms with Crippen molar-refractivity contribution in [1.29, 1.82) is 0 Å². The van der Waals surface area contributed by atoms with E-state index < -0.39 is 5.97 Å². The molecule has 1 rings (SSSR count). The van der Waals surface area contributed by atoms with Crippen molar-refractivity contribution in [3.63, 3.8) is 0 Å². The number of nitrogens with zero attached hydrogens (tertiary/aromatic N) is 3. The van der Waals surface area contributed by atoms with E-state index in [1.807, 2.05) is 0 Å². The summed E-state index contributed by atoms with van der Waals surface area (Å²) in [4.78, 5) is 14.0. The first kappa shape index (κ1) is 8.06. The second-order valence-electron chi connectivity index (χ2n) is 1.79. The van der Waals surface area contributed by atoms with Gasteiger partial charge in [0.05, 0.1) is 0 Å². The number of carbonyl (C=O) groups is 1. The van der Waals surface area contributed by atoms with Crippen molar-refractivity contribution in [1.82, 2.24) is 14.8 Å². The van der Waals surface area contributed by atoms with Gasteiger partial charge in [-0.25, -0.2) is 9.48 Å². The summed E-state index contributed by atoms with van der Waals surface area (Å²) in [5.41, 5.74) is 0. The number of aryl methyl sites for hydroxylation is 1. The third kappa shape index (κ3) is 1.51. The zero-order valence-corrected chi connectivity index (χ0v) is 6.63. The number of hydrogen-bond donors (Lipinski definition) is 1. The minimum atomic E-state index is -1.12. The van der Waals surface area contributed by atoms with Crippen LogP contribution in [0.15, 0.2) is 5.16 Å². The molecule has 0 aliphatic heterocycles. The molecule has 0 fully saturated rings. The van der Waals surface area contributed by atoms with Crippen LogP contribution in [0, 0.1) is 6.26 Å². The Hall–Kier alpha value is -1.04. The highest BCUT2D eigenvalue weighted by Gasteiger charge is 2.11. The average Bonchev–Trinajstić information content (AvgIpc) is 2.31. The maximum Gasteiger partial charge on any atom is 0.375 e. The number of thioether (sulfide) groups is 1. The van der Waals surface area contributed by atoms with Crippen molar-refractivity contribution in [3.8, 4) is 0 Å². The van der Waals surface area contributed by atoms with Gasteiger partial charge in [-0.05, 0) is 0 Å². The Morgan fingerprint density at radius 1 is 1.82 bits per heavy atom. The summed E-state index contributed by atoms with van der Waals surface area (Å²) in [6.45, 7) is 0. The Morgan fingerprint density at radius 3 is 2.73 bits per heavy atom. The van der Waals surface area contributed by atoms with Crippen molar-refractivity contribution in [2.24, 2.45) is 7.05 Å². The molecule has 1 aromatic heterocycles. The van der Waals surface area contributed by atoms with Gasteiger partial charge in [-0.3, -0.25) is 0 Å². The zero-order chi connectivity index (χ0) is 8.43. The summed E-state index contributed by atoms with van der Waals surface area (Å²) >= 11 is 1.11. The molecule has 0 saturated carbocycles. The van der Waals surface area contributed by atoms with Gasteiger partial charge in [-0.2, -0.15) is 4.98 Å². The number of aromatic nitrogens is 3. The summed E-state index contributed by atoms with van der Waals surface area (Å²) in [6, 6.07) is 0. The van der Waals surface area contributed by atoms with E-state index in [4.69, 9.17) is 5.11 Å². The molecule has 1 radical (unpaired) electrons. The lowest BCUT2D eigenvalue weighted by atomic mass is 10.7. The van der Waals surface area contributed by atoms with Crippen LogP contribution in [0.25, 0.3) is 0 Å². The predicted molar refractivity (Wildman–Crippen MR) is 39.2 cm³/mol. The van der Waals surface area contributed by atoms with E-state index in [1.165, 1.54) is 4.68 Å². The van der Waals surface area contributed by atoms with E-state index in [9.17, 15) is 4.79 Å². The maximum absolute atomic E-state index is 10.3. The Kier molecular flexibility index (Phi) is 2.13. The van der Waals surface area contributed by atoms with Crippen LogP contribution in [-0.4, -0.2) is 25.8 Å². The third-order valence-corrected chi connectivity index (χ3v) is 1.66.